The van der Waals surface area contributed by atoms with E-state index in [2.05, 4.69) is 31.2 Å². The van der Waals surface area contributed by atoms with Gasteiger partial charge >= 0.3 is 5.13 Å². The Morgan fingerprint density at radius 3 is 3.06 bits per heavy atom. The molecular weight excluding hydrogens is 324 g/mol. The molecule has 1 aliphatic heterocycles. The smallest absolute Gasteiger partial charge is 0.334 e. The van der Waals surface area contributed by atoms with Crippen LogP contribution in [0.4, 0.5) is 5.13 Å². The van der Waals surface area contributed by atoms with E-state index in [9.17, 15) is 5.11 Å². The topological polar surface area (TPSA) is 36.1 Å². The highest BCUT2D eigenvalue weighted by Gasteiger charge is 2.25. The van der Waals surface area contributed by atoms with Crippen molar-refractivity contribution in [2.75, 3.05) is 11.9 Å². The van der Waals surface area contributed by atoms with E-state index in [0.717, 1.165) is 34.0 Å². The number of nitrogens with one attached hydrogen (secondary N) is 1. The summed E-state index contributed by atoms with van der Waals surface area (Å²) in [5.41, 5.74) is 1.95. The number of benzene rings is 1. The summed E-state index contributed by atoms with van der Waals surface area (Å²) in [6, 6.07) is 5.50. The number of anilines is 1. The van der Waals surface area contributed by atoms with Gasteiger partial charge in [-0.3, -0.25) is 5.32 Å². The van der Waals surface area contributed by atoms with Gasteiger partial charge in [-0.05, 0) is 18.2 Å². The summed E-state index contributed by atoms with van der Waals surface area (Å²) < 4.78 is 3.18. The Morgan fingerprint density at radius 1 is 1.41 bits per heavy atom. The van der Waals surface area contributed by atoms with Gasteiger partial charge in [-0.25, -0.2) is 4.57 Å². The average molecular weight is 334 g/mol. The largest absolute Gasteiger partial charge is 1.00 e. The van der Waals surface area contributed by atoms with E-state index in [0.29, 0.717) is 5.75 Å². The van der Waals surface area contributed by atoms with Crippen molar-refractivity contribution in [1.82, 2.24) is 0 Å². The fourth-order valence-corrected chi connectivity index (χ4v) is 3.25. The molecule has 17 heavy (non-hydrogen) atoms. The predicted molar refractivity (Wildman–Crippen MR) is 67.8 cm³/mol. The molecule has 90 valence electrons. The summed E-state index contributed by atoms with van der Waals surface area (Å²) in [7, 11) is 0. The average Bonchev–Trinajstić information content (AvgIpc) is 2.83. The van der Waals surface area contributed by atoms with Crippen molar-refractivity contribution in [3.8, 4) is 17.0 Å². The molecule has 1 aromatic heterocycles. The van der Waals surface area contributed by atoms with Gasteiger partial charge in [0.05, 0.1) is 5.56 Å². The van der Waals surface area contributed by atoms with Gasteiger partial charge in [-0.1, -0.05) is 27.3 Å². The molecule has 2 N–H and O–H groups in total. The predicted octanol–water partition coefficient (Wildman–Crippen LogP) is -0.400. The summed E-state index contributed by atoms with van der Waals surface area (Å²) in [5.74, 6) is 0.322. The number of hydrogen-bond donors (Lipinski definition) is 2. The van der Waals surface area contributed by atoms with Crippen molar-refractivity contribution < 1.29 is 22.1 Å². The zero-order valence-corrected chi connectivity index (χ0v) is 11.9. The Hall–Kier alpha value is -0.780. The molecule has 0 saturated heterocycles. The molecule has 0 aliphatic carbocycles. The molecule has 6 heteroatoms. The maximum Gasteiger partial charge on any atom is 0.334 e. The van der Waals surface area contributed by atoms with E-state index in [1.807, 2.05) is 12.1 Å². The second-order valence-electron chi connectivity index (χ2n) is 3.67. The SMILES string of the molecule is Oc1ccc(Br)cc1-c1csc2[n+]1CCN2.[Cl-]. The van der Waals surface area contributed by atoms with Crippen LogP contribution in [-0.4, -0.2) is 11.7 Å². The monoisotopic (exact) mass is 332 g/mol. The normalized spacial score (nSPS) is 12.8. The zero-order chi connectivity index (χ0) is 11.1. The lowest BCUT2D eigenvalue weighted by Crippen LogP contribution is -3.00. The highest BCUT2D eigenvalue weighted by atomic mass is 79.9. The summed E-state index contributed by atoms with van der Waals surface area (Å²) in [4.78, 5) is 0. The lowest BCUT2D eigenvalue weighted by atomic mass is 10.1. The van der Waals surface area contributed by atoms with Gasteiger partial charge in [0.2, 0.25) is 0 Å². The van der Waals surface area contributed by atoms with Gasteiger partial charge in [0.15, 0.2) is 0 Å². The highest BCUT2D eigenvalue weighted by Crippen LogP contribution is 2.33. The molecule has 1 aromatic carbocycles. The molecule has 3 rings (SSSR count). The molecule has 0 saturated carbocycles. The number of rotatable bonds is 1. The van der Waals surface area contributed by atoms with E-state index < -0.39 is 0 Å². The Morgan fingerprint density at radius 2 is 2.24 bits per heavy atom. The van der Waals surface area contributed by atoms with Gasteiger partial charge < -0.3 is 17.5 Å². The summed E-state index contributed by atoms with van der Waals surface area (Å²) in [6.45, 7) is 1.93. The molecule has 1 aliphatic rings. The van der Waals surface area contributed by atoms with Crippen LogP contribution in [0.25, 0.3) is 11.3 Å². The van der Waals surface area contributed by atoms with Crippen molar-refractivity contribution in [3.05, 3.63) is 28.1 Å². The molecule has 3 nitrogen and oxygen atoms in total. The fraction of sp³-hybridized carbons (Fsp3) is 0.182. The molecular formula is C11H10BrClN2OS. The fourth-order valence-electron chi connectivity index (χ4n) is 1.90. The molecule has 0 unspecified atom stereocenters. The Balaban J connectivity index is 0.00000108. The number of phenolic OH excluding ortho intramolecular Hbond substituents is 1. The van der Waals surface area contributed by atoms with Gasteiger partial charge in [-0.2, -0.15) is 0 Å². The van der Waals surface area contributed by atoms with Crippen LogP contribution in [0.5, 0.6) is 5.75 Å². The van der Waals surface area contributed by atoms with Gasteiger partial charge in [0.1, 0.15) is 24.5 Å². The van der Waals surface area contributed by atoms with Crippen LogP contribution in [0.3, 0.4) is 0 Å². The first-order valence-corrected chi connectivity index (χ1v) is 6.67. The molecule has 0 atom stereocenters. The van der Waals surface area contributed by atoms with E-state index in [1.165, 1.54) is 0 Å². The number of halogens is 2. The van der Waals surface area contributed by atoms with E-state index in [-0.39, 0.29) is 12.4 Å². The second kappa shape index (κ2) is 4.84. The maximum absolute atomic E-state index is 9.89. The van der Waals surface area contributed by atoms with Crippen molar-refractivity contribution in [3.63, 3.8) is 0 Å². The van der Waals surface area contributed by atoms with Crippen molar-refractivity contribution in [2.45, 2.75) is 6.54 Å². The van der Waals surface area contributed by atoms with Gasteiger partial charge in [-0.15, -0.1) is 0 Å². The molecule has 2 aromatic rings. The third-order valence-electron chi connectivity index (χ3n) is 2.66. The van der Waals surface area contributed by atoms with Crippen molar-refractivity contribution >= 4 is 32.4 Å². The first kappa shape index (κ1) is 12.7. The summed E-state index contributed by atoms with van der Waals surface area (Å²) in [5, 5.41) is 16.4. The standard InChI is InChI=1S/C11H9BrN2OS.ClH/c12-7-1-2-10(15)8(5-7)9-6-16-11-13-3-4-14(9)11;/h1-2,5-6,15H,3-4H2;1H. The summed E-state index contributed by atoms with van der Waals surface area (Å²) >= 11 is 5.10. The van der Waals surface area contributed by atoms with Crippen LogP contribution in [0.1, 0.15) is 0 Å². The van der Waals surface area contributed by atoms with Crippen LogP contribution < -0.4 is 22.3 Å². The van der Waals surface area contributed by atoms with Crippen LogP contribution in [-0.2, 0) is 6.54 Å². The van der Waals surface area contributed by atoms with E-state index >= 15 is 0 Å². The first-order valence-electron chi connectivity index (χ1n) is 5.00. The van der Waals surface area contributed by atoms with Crippen LogP contribution >= 0.6 is 27.3 Å². The minimum atomic E-state index is 0. The minimum Gasteiger partial charge on any atom is -1.00 e. The summed E-state index contributed by atoms with van der Waals surface area (Å²) in [6.07, 6.45) is 0. The Kier molecular flexibility index (Phi) is 3.61. The van der Waals surface area contributed by atoms with Crippen LogP contribution in [0.15, 0.2) is 28.1 Å². The zero-order valence-electron chi connectivity index (χ0n) is 8.78. The van der Waals surface area contributed by atoms with Crippen LogP contribution in [0.2, 0.25) is 0 Å². The quantitative estimate of drug-likeness (QED) is 0.697. The number of fused-ring (bicyclic) bond motifs is 1. The number of phenols is 1. The van der Waals surface area contributed by atoms with Crippen molar-refractivity contribution in [1.29, 1.82) is 0 Å². The van der Waals surface area contributed by atoms with E-state index in [1.54, 1.807) is 17.4 Å². The number of thiazole rings is 1. The molecule has 0 amide bonds. The first-order chi connectivity index (χ1) is 7.75. The lowest BCUT2D eigenvalue weighted by molar-refractivity contribution is -0.655. The maximum atomic E-state index is 9.89. The molecule has 0 bridgehead atoms. The minimum absolute atomic E-state index is 0. The van der Waals surface area contributed by atoms with Gasteiger partial charge in [0.25, 0.3) is 0 Å². The number of hydrogen-bond acceptors (Lipinski definition) is 3. The number of aromatic nitrogens is 1. The van der Waals surface area contributed by atoms with Crippen molar-refractivity contribution in [2.24, 2.45) is 0 Å². The molecule has 0 fully saturated rings. The number of aromatic hydroxyl groups is 1. The Labute approximate surface area is 118 Å². The third-order valence-corrected chi connectivity index (χ3v) is 4.09. The number of nitrogens with zero attached hydrogens (tertiary/aromatic N) is 1. The molecule has 0 spiro atoms. The Bertz CT molecular complexity index is 558. The molecule has 0 radical (unpaired) electrons. The lowest BCUT2D eigenvalue weighted by Gasteiger charge is -2.02. The third kappa shape index (κ3) is 2.14. The molecule has 2 heterocycles. The van der Waals surface area contributed by atoms with Crippen LogP contribution in [0, 0.1) is 0 Å². The second-order valence-corrected chi connectivity index (χ2v) is 5.44. The highest BCUT2D eigenvalue weighted by molar-refractivity contribution is 9.10. The van der Waals surface area contributed by atoms with E-state index in [4.69, 9.17) is 0 Å². The van der Waals surface area contributed by atoms with Gasteiger partial charge in [0, 0.05) is 9.85 Å².